The molecule has 1 rings (SSSR count). The number of rotatable bonds is 1. The zero-order chi connectivity index (χ0) is 13.4. The zero-order valence-corrected chi connectivity index (χ0v) is 6.70. The highest BCUT2D eigenvalue weighted by molar-refractivity contribution is 5.93. The van der Waals surface area contributed by atoms with Gasteiger partial charge in [-0.2, -0.15) is 13.2 Å². The van der Waals surface area contributed by atoms with Crippen LogP contribution in [0.3, 0.4) is 0 Å². The molecular weight excluding hydrogens is 197 g/mol. The van der Waals surface area contributed by atoms with E-state index in [0.29, 0.717) is 6.07 Å². The summed E-state index contributed by atoms with van der Waals surface area (Å²) >= 11 is 0. The van der Waals surface area contributed by atoms with Crippen LogP contribution in [0.25, 0.3) is 0 Å². The lowest BCUT2D eigenvalue weighted by Crippen LogP contribution is -2.29. The van der Waals surface area contributed by atoms with Gasteiger partial charge in [-0.3, -0.25) is 10.2 Å². The number of halogens is 3. The number of nitrogens with two attached hydrogens (primary N) is 1. The summed E-state index contributed by atoms with van der Waals surface area (Å²) in [4.78, 5) is 11.1. The van der Waals surface area contributed by atoms with Gasteiger partial charge in [0.2, 0.25) is 0 Å². The van der Waals surface area contributed by atoms with Gasteiger partial charge < -0.3 is 0 Å². The smallest absolute Gasteiger partial charge is 0.290 e. The molecule has 3 N–H and O–H groups in total. The van der Waals surface area contributed by atoms with Crippen LogP contribution in [0.5, 0.6) is 0 Å². The second kappa shape index (κ2) is 3.67. The first-order valence-corrected chi connectivity index (χ1v) is 3.39. The molecule has 0 heterocycles. The van der Waals surface area contributed by atoms with Crippen molar-refractivity contribution in [2.45, 2.75) is 6.18 Å². The highest BCUT2D eigenvalue weighted by atomic mass is 19.4. The Morgan fingerprint density at radius 3 is 2.57 bits per heavy atom. The molecule has 0 fully saturated rings. The molecule has 0 saturated heterocycles. The molecule has 0 spiro atoms. The van der Waals surface area contributed by atoms with E-state index in [9.17, 15) is 18.0 Å². The number of carbonyl (C=O) groups excluding carboxylic acids is 1. The number of carbonyl (C=O) groups is 1. The number of nitrogen functional groups attached to an aromatic ring is 1. The topological polar surface area (TPSA) is 55.1 Å². The van der Waals surface area contributed by atoms with Crippen molar-refractivity contribution in [2.24, 2.45) is 5.84 Å². The van der Waals surface area contributed by atoms with Gasteiger partial charge in [-0.15, -0.1) is 0 Å². The summed E-state index contributed by atoms with van der Waals surface area (Å²) in [7, 11) is 0. The van der Waals surface area contributed by atoms with Crippen LogP contribution >= 0.6 is 0 Å². The second-order valence-electron chi connectivity index (χ2n) is 2.30. The third-order valence-corrected chi connectivity index (χ3v) is 1.35. The lowest BCUT2D eigenvalue weighted by atomic mass is 10.1. The number of hydrazine groups is 1. The summed E-state index contributed by atoms with van der Waals surface area (Å²) in [6, 6.07) is -2.62. The monoisotopic (exact) mass is 207 g/mol. The van der Waals surface area contributed by atoms with Gasteiger partial charge >= 0.3 is 6.18 Å². The standard InChI is InChI=1S/C8H7F3N2O/c9-8(10,11)6-3-1-5(2-4-6)7(14)13-12/h1-4H,12H2,(H,13,14)/i1D,2D,3D. The van der Waals surface area contributed by atoms with Gasteiger partial charge in [-0.1, -0.05) is 0 Å². The fourth-order valence-corrected chi connectivity index (χ4v) is 0.694. The molecule has 76 valence electrons. The largest absolute Gasteiger partial charge is 0.416 e. The molecule has 6 heteroatoms. The summed E-state index contributed by atoms with van der Waals surface area (Å²) in [5.41, 5.74) is -0.486. The van der Waals surface area contributed by atoms with Gasteiger partial charge in [0, 0.05) is 5.56 Å². The summed E-state index contributed by atoms with van der Waals surface area (Å²) in [6.07, 6.45) is -4.85. The number of hydrogen-bond acceptors (Lipinski definition) is 2. The summed E-state index contributed by atoms with van der Waals surface area (Å²) < 4.78 is 58.9. The van der Waals surface area contributed by atoms with E-state index in [1.807, 2.05) is 0 Å². The van der Waals surface area contributed by atoms with Crippen molar-refractivity contribution < 1.29 is 22.1 Å². The quantitative estimate of drug-likeness (QED) is 0.414. The first-order chi connectivity index (χ1) is 7.70. The second-order valence-corrected chi connectivity index (χ2v) is 2.30. The molecule has 0 aliphatic carbocycles. The number of alkyl halides is 3. The number of benzene rings is 1. The Kier molecular flexibility index (Phi) is 1.79. The van der Waals surface area contributed by atoms with Gasteiger partial charge in [-0.05, 0) is 24.2 Å². The minimum absolute atomic E-state index is 0.324. The molecule has 14 heavy (non-hydrogen) atoms. The van der Waals surface area contributed by atoms with Gasteiger partial charge in [0.15, 0.2) is 0 Å². The molecule has 0 atom stereocenters. The van der Waals surface area contributed by atoms with Crippen LogP contribution in [-0.2, 0) is 6.18 Å². The molecule has 1 aromatic carbocycles. The maximum Gasteiger partial charge on any atom is 0.416 e. The molecule has 0 radical (unpaired) electrons. The summed E-state index contributed by atoms with van der Waals surface area (Å²) in [5, 5.41) is 0. The average Bonchev–Trinajstić information content (AvgIpc) is 2.21. The van der Waals surface area contributed by atoms with Crippen LogP contribution in [0.4, 0.5) is 13.2 Å². The average molecular weight is 207 g/mol. The van der Waals surface area contributed by atoms with Crippen LogP contribution in [0.15, 0.2) is 24.2 Å². The van der Waals surface area contributed by atoms with Crippen molar-refractivity contribution in [1.82, 2.24) is 5.43 Å². The fraction of sp³-hybridized carbons (Fsp3) is 0.125. The van der Waals surface area contributed by atoms with Crippen molar-refractivity contribution >= 4 is 5.91 Å². The van der Waals surface area contributed by atoms with Crippen LogP contribution in [0.2, 0.25) is 0 Å². The van der Waals surface area contributed by atoms with E-state index in [2.05, 4.69) is 0 Å². The molecule has 3 nitrogen and oxygen atoms in total. The summed E-state index contributed by atoms with van der Waals surface area (Å²) in [6.45, 7) is 0. The fourth-order valence-electron chi connectivity index (χ4n) is 0.694. The lowest BCUT2D eigenvalue weighted by Gasteiger charge is -2.06. The molecule has 1 amide bonds. The predicted molar refractivity (Wildman–Crippen MR) is 43.1 cm³/mol. The van der Waals surface area contributed by atoms with Crippen molar-refractivity contribution in [2.75, 3.05) is 0 Å². The first-order valence-electron chi connectivity index (χ1n) is 4.89. The van der Waals surface area contributed by atoms with Crippen LogP contribution in [-0.4, -0.2) is 5.91 Å². The Morgan fingerprint density at radius 1 is 1.43 bits per heavy atom. The lowest BCUT2D eigenvalue weighted by molar-refractivity contribution is -0.137. The highest BCUT2D eigenvalue weighted by Crippen LogP contribution is 2.28. The molecule has 0 bridgehead atoms. The van der Waals surface area contributed by atoms with Crippen molar-refractivity contribution in [3.8, 4) is 0 Å². The number of nitrogens with one attached hydrogen (secondary N) is 1. The molecular formula is C8H7F3N2O. The highest BCUT2D eigenvalue weighted by Gasteiger charge is 2.30. The maximum atomic E-state index is 12.4. The van der Waals surface area contributed by atoms with Gasteiger partial charge in [-0.25, -0.2) is 5.84 Å². The Hall–Kier alpha value is -1.56. The molecule has 1 aromatic rings. The minimum atomic E-state index is -4.85. The van der Waals surface area contributed by atoms with Gasteiger partial charge in [0.25, 0.3) is 5.91 Å². The van der Waals surface area contributed by atoms with Crippen LogP contribution in [0, 0.1) is 0 Å². The molecule has 0 aromatic heterocycles. The van der Waals surface area contributed by atoms with Gasteiger partial charge in [0.1, 0.15) is 0 Å². The molecule has 0 unspecified atom stereocenters. The first kappa shape index (κ1) is 6.83. The van der Waals surface area contributed by atoms with E-state index in [4.69, 9.17) is 9.95 Å². The van der Waals surface area contributed by atoms with E-state index in [-0.39, 0.29) is 0 Å². The molecule has 0 aliphatic rings. The molecule has 0 aliphatic heterocycles. The van der Waals surface area contributed by atoms with Crippen LogP contribution < -0.4 is 11.3 Å². The van der Waals surface area contributed by atoms with Crippen molar-refractivity contribution in [3.63, 3.8) is 0 Å². The Bertz CT molecular complexity index is 476. The van der Waals surface area contributed by atoms with Crippen molar-refractivity contribution in [3.05, 3.63) is 35.3 Å². The Balaban J connectivity index is 3.53. The minimum Gasteiger partial charge on any atom is -0.290 e. The zero-order valence-electron chi connectivity index (χ0n) is 9.70. The third kappa shape index (κ3) is 2.23. The Morgan fingerprint density at radius 2 is 2.07 bits per heavy atom. The summed E-state index contributed by atoms with van der Waals surface area (Å²) in [5.74, 6) is 3.68. The number of amides is 1. The Labute approximate surface area is 81.9 Å². The SMILES string of the molecule is [2H]c1cc(C(F)(F)F)c([2H])c([2H])c1C(=O)NN. The van der Waals surface area contributed by atoms with E-state index < -0.39 is 41.3 Å². The predicted octanol–water partition coefficient (Wildman–Crippen LogP) is 1.31. The van der Waals surface area contributed by atoms with E-state index >= 15 is 0 Å². The normalized spacial score (nSPS) is 14.1. The van der Waals surface area contributed by atoms with Crippen molar-refractivity contribution in [1.29, 1.82) is 0 Å². The third-order valence-electron chi connectivity index (χ3n) is 1.35. The van der Waals surface area contributed by atoms with E-state index in [1.54, 1.807) is 5.43 Å². The molecule has 0 saturated carbocycles. The van der Waals surface area contributed by atoms with E-state index in [1.165, 1.54) is 0 Å². The van der Waals surface area contributed by atoms with Gasteiger partial charge in [0.05, 0.1) is 9.68 Å². The maximum absolute atomic E-state index is 12.4. The number of hydrogen-bond donors (Lipinski definition) is 2. The van der Waals surface area contributed by atoms with Crippen LogP contribution in [0.1, 0.15) is 20.0 Å². The van der Waals surface area contributed by atoms with E-state index in [0.717, 1.165) is 0 Å².